The molecule has 0 aromatic heterocycles. The van der Waals surface area contributed by atoms with Gasteiger partial charge in [-0.25, -0.2) is 0 Å². The lowest BCUT2D eigenvalue weighted by molar-refractivity contribution is 0.473. The standard InChI is InChI=1S/C10H11N3O/c1-8-4-2-6-10(14)9(8)5-3-7-12-13-11/h2-6,14H,7H2,1H3. The highest BCUT2D eigenvalue weighted by molar-refractivity contribution is 5.60. The van der Waals surface area contributed by atoms with Crippen molar-refractivity contribution in [1.29, 1.82) is 0 Å². The largest absolute Gasteiger partial charge is 0.507 e. The fraction of sp³-hybridized carbons (Fsp3) is 0.200. The molecule has 0 bridgehead atoms. The van der Waals surface area contributed by atoms with Gasteiger partial charge in [-0.15, -0.1) is 0 Å². The van der Waals surface area contributed by atoms with Gasteiger partial charge < -0.3 is 5.11 Å². The summed E-state index contributed by atoms with van der Waals surface area (Å²) in [4.78, 5) is 2.62. The molecule has 0 unspecified atom stereocenters. The summed E-state index contributed by atoms with van der Waals surface area (Å²) >= 11 is 0. The molecular weight excluding hydrogens is 178 g/mol. The summed E-state index contributed by atoms with van der Waals surface area (Å²) in [5.74, 6) is 0.238. The van der Waals surface area contributed by atoms with E-state index in [1.807, 2.05) is 13.0 Å². The van der Waals surface area contributed by atoms with Crippen molar-refractivity contribution in [2.75, 3.05) is 6.54 Å². The molecular formula is C10H11N3O. The number of rotatable bonds is 3. The van der Waals surface area contributed by atoms with Crippen molar-refractivity contribution in [3.05, 3.63) is 45.8 Å². The van der Waals surface area contributed by atoms with Crippen LogP contribution in [0.25, 0.3) is 16.5 Å². The smallest absolute Gasteiger partial charge is 0.123 e. The number of aromatic hydroxyl groups is 1. The molecule has 1 N–H and O–H groups in total. The van der Waals surface area contributed by atoms with E-state index < -0.39 is 0 Å². The highest BCUT2D eigenvalue weighted by Crippen LogP contribution is 2.21. The molecule has 0 radical (unpaired) electrons. The van der Waals surface area contributed by atoms with Crippen molar-refractivity contribution in [2.24, 2.45) is 5.11 Å². The zero-order chi connectivity index (χ0) is 10.4. The van der Waals surface area contributed by atoms with E-state index in [0.717, 1.165) is 11.1 Å². The van der Waals surface area contributed by atoms with E-state index in [9.17, 15) is 5.11 Å². The summed E-state index contributed by atoms with van der Waals surface area (Å²) in [6, 6.07) is 5.32. The highest BCUT2D eigenvalue weighted by Gasteiger charge is 1.98. The third kappa shape index (κ3) is 2.54. The molecule has 72 valence electrons. The average Bonchev–Trinajstić information content (AvgIpc) is 2.16. The predicted molar refractivity (Wildman–Crippen MR) is 55.9 cm³/mol. The zero-order valence-electron chi connectivity index (χ0n) is 7.88. The normalized spacial score (nSPS) is 10.1. The molecule has 0 spiro atoms. The van der Waals surface area contributed by atoms with E-state index in [0.29, 0.717) is 6.54 Å². The Morgan fingerprint density at radius 3 is 3.00 bits per heavy atom. The van der Waals surface area contributed by atoms with Crippen LogP contribution in [0.5, 0.6) is 5.75 Å². The van der Waals surface area contributed by atoms with Crippen LogP contribution in [0.15, 0.2) is 29.4 Å². The van der Waals surface area contributed by atoms with Gasteiger partial charge in [-0.05, 0) is 24.1 Å². The summed E-state index contributed by atoms with van der Waals surface area (Å²) < 4.78 is 0. The molecule has 0 heterocycles. The van der Waals surface area contributed by atoms with Gasteiger partial charge in [0.05, 0.1) is 0 Å². The first-order valence-corrected chi connectivity index (χ1v) is 4.21. The Bertz CT molecular complexity index is 372. The number of nitrogens with zero attached hydrogens (tertiary/aromatic N) is 3. The lowest BCUT2D eigenvalue weighted by Gasteiger charge is -2.01. The second kappa shape index (κ2) is 4.94. The predicted octanol–water partition coefficient (Wildman–Crippen LogP) is 3.02. The number of aryl methyl sites for hydroxylation is 1. The van der Waals surface area contributed by atoms with Crippen LogP contribution >= 0.6 is 0 Å². The van der Waals surface area contributed by atoms with Crippen molar-refractivity contribution in [2.45, 2.75) is 6.92 Å². The maximum Gasteiger partial charge on any atom is 0.123 e. The molecule has 0 atom stereocenters. The quantitative estimate of drug-likeness (QED) is 0.443. The Balaban J connectivity index is 2.85. The minimum absolute atomic E-state index is 0.238. The van der Waals surface area contributed by atoms with Gasteiger partial charge >= 0.3 is 0 Å². The van der Waals surface area contributed by atoms with Gasteiger partial charge in [0.2, 0.25) is 0 Å². The third-order valence-electron chi connectivity index (χ3n) is 1.84. The van der Waals surface area contributed by atoms with Crippen LogP contribution in [0.4, 0.5) is 0 Å². The van der Waals surface area contributed by atoms with Gasteiger partial charge in [-0.1, -0.05) is 29.4 Å². The van der Waals surface area contributed by atoms with Crippen LogP contribution in [0.3, 0.4) is 0 Å². The van der Waals surface area contributed by atoms with Crippen molar-refractivity contribution < 1.29 is 5.11 Å². The van der Waals surface area contributed by atoms with E-state index in [-0.39, 0.29) is 5.75 Å². The molecule has 0 fully saturated rings. The Morgan fingerprint density at radius 1 is 1.57 bits per heavy atom. The van der Waals surface area contributed by atoms with Crippen molar-refractivity contribution in [1.82, 2.24) is 0 Å². The summed E-state index contributed by atoms with van der Waals surface area (Å²) in [6.07, 6.45) is 3.46. The molecule has 0 saturated heterocycles. The van der Waals surface area contributed by atoms with Crippen molar-refractivity contribution in [3.63, 3.8) is 0 Å². The number of phenols is 1. The number of phenolic OH excluding ortho intramolecular Hbond substituents is 1. The number of hydrogen-bond donors (Lipinski definition) is 1. The highest BCUT2D eigenvalue weighted by atomic mass is 16.3. The van der Waals surface area contributed by atoms with Gasteiger partial charge in [-0.2, -0.15) is 0 Å². The minimum Gasteiger partial charge on any atom is -0.507 e. The van der Waals surface area contributed by atoms with E-state index >= 15 is 0 Å². The number of azide groups is 1. The van der Waals surface area contributed by atoms with Crippen molar-refractivity contribution in [3.8, 4) is 5.75 Å². The Morgan fingerprint density at radius 2 is 2.36 bits per heavy atom. The molecule has 0 saturated carbocycles. The SMILES string of the molecule is Cc1cccc(O)c1C=CCN=[N+]=[N-]. The molecule has 4 heteroatoms. The van der Waals surface area contributed by atoms with Crippen LogP contribution in [0.2, 0.25) is 0 Å². The summed E-state index contributed by atoms with van der Waals surface area (Å²) in [7, 11) is 0. The lowest BCUT2D eigenvalue weighted by Crippen LogP contribution is -1.81. The Kier molecular flexibility index (Phi) is 3.58. The van der Waals surface area contributed by atoms with Gasteiger partial charge in [-0.3, -0.25) is 0 Å². The zero-order valence-corrected chi connectivity index (χ0v) is 7.88. The first-order valence-electron chi connectivity index (χ1n) is 4.21. The van der Waals surface area contributed by atoms with Crippen LogP contribution in [-0.2, 0) is 0 Å². The summed E-state index contributed by atoms with van der Waals surface area (Å²) in [6.45, 7) is 2.21. The molecule has 0 amide bonds. The molecule has 14 heavy (non-hydrogen) atoms. The maximum absolute atomic E-state index is 9.49. The van der Waals surface area contributed by atoms with E-state index in [2.05, 4.69) is 10.0 Å². The van der Waals surface area contributed by atoms with Crippen LogP contribution in [-0.4, -0.2) is 11.7 Å². The second-order valence-electron chi connectivity index (χ2n) is 2.82. The molecule has 0 aliphatic rings. The van der Waals surface area contributed by atoms with E-state index in [1.54, 1.807) is 24.3 Å². The van der Waals surface area contributed by atoms with Gasteiger partial charge in [0, 0.05) is 17.0 Å². The Labute approximate surface area is 82.1 Å². The van der Waals surface area contributed by atoms with Gasteiger partial charge in [0.1, 0.15) is 5.75 Å². The topological polar surface area (TPSA) is 69.0 Å². The summed E-state index contributed by atoms with van der Waals surface area (Å²) in [5.41, 5.74) is 9.80. The van der Waals surface area contributed by atoms with Gasteiger partial charge in [0.15, 0.2) is 0 Å². The minimum atomic E-state index is 0.238. The average molecular weight is 189 g/mol. The van der Waals surface area contributed by atoms with E-state index in [1.165, 1.54) is 0 Å². The monoisotopic (exact) mass is 189 g/mol. The molecule has 1 rings (SSSR count). The lowest BCUT2D eigenvalue weighted by atomic mass is 10.1. The maximum atomic E-state index is 9.49. The molecule has 0 aliphatic heterocycles. The first-order chi connectivity index (χ1) is 6.75. The molecule has 0 aliphatic carbocycles. The second-order valence-corrected chi connectivity index (χ2v) is 2.82. The first kappa shape index (κ1) is 10.2. The van der Waals surface area contributed by atoms with Crippen LogP contribution in [0, 0.1) is 6.92 Å². The van der Waals surface area contributed by atoms with Crippen molar-refractivity contribution >= 4 is 6.08 Å². The molecule has 1 aromatic rings. The fourth-order valence-corrected chi connectivity index (χ4v) is 1.14. The Hall–Kier alpha value is -1.93. The molecule has 4 nitrogen and oxygen atoms in total. The third-order valence-corrected chi connectivity index (χ3v) is 1.84. The summed E-state index contributed by atoms with van der Waals surface area (Å²) in [5, 5.41) is 12.9. The van der Waals surface area contributed by atoms with E-state index in [4.69, 9.17) is 5.53 Å². The molecule has 1 aromatic carbocycles. The number of benzene rings is 1. The van der Waals surface area contributed by atoms with Crippen LogP contribution < -0.4 is 0 Å². The fourth-order valence-electron chi connectivity index (χ4n) is 1.14. The van der Waals surface area contributed by atoms with Gasteiger partial charge in [0.25, 0.3) is 0 Å². The number of hydrogen-bond acceptors (Lipinski definition) is 2. The van der Waals surface area contributed by atoms with Crippen LogP contribution in [0.1, 0.15) is 11.1 Å².